The molecular weight excluding hydrogens is 380 g/mol. The third kappa shape index (κ3) is 6.39. The number of benzene rings is 2. The quantitative estimate of drug-likeness (QED) is 0.547. The number of ketones is 1. The van der Waals surface area contributed by atoms with Gasteiger partial charge >= 0.3 is 5.97 Å². The Bertz CT molecular complexity index is 886. The summed E-state index contributed by atoms with van der Waals surface area (Å²) in [5.74, 6) is -0.917. The first-order chi connectivity index (χ1) is 13.0. The lowest BCUT2D eigenvalue weighted by molar-refractivity contribution is -0.114. The number of Topliss-reactive ketones (excluding diaryl/α,β-unsaturated/α-hetero) is 1. The van der Waals surface area contributed by atoms with Crippen molar-refractivity contribution < 1.29 is 19.1 Å². The van der Waals surface area contributed by atoms with Crippen LogP contribution in [0.25, 0.3) is 0 Å². The van der Waals surface area contributed by atoms with Gasteiger partial charge in [-0.2, -0.15) is 0 Å². The fourth-order valence-corrected chi connectivity index (χ4v) is 2.49. The minimum Gasteiger partial charge on any atom is -0.456 e. The minimum absolute atomic E-state index is 0.0218. The predicted octanol–water partition coefficient (Wildman–Crippen LogP) is 4.55. The molecule has 0 aliphatic heterocycles. The highest BCUT2D eigenvalue weighted by molar-refractivity contribution is 6.30. The van der Waals surface area contributed by atoms with Gasteiger partial charge in [0.15, 0.2) is 5.78 Å². The standard InChI is InChI=1S/C21H23ClN2O4/c1-13(25)24-17-10-7-15(20(27)28-21(2,3)4)11-18(17)23-12-19(26)14-5-8-16(22)9-6-14/h5-11,23H,12H2,1-4H3,(H,24,25). The van der Waals surface area contributed by atoms with Gasteiger partial charge < -0.3 is 15.4 Å². The molecule has 0 radical (unpaired) electrons. The predicted molar refractivity (Wildman–Crippen MR) is 110 cm³/mol. The summed E-state index contributed by atoms with van der Waals surface area (Å²) in [6.45, 7) is 6.69. The summed E-state index contributed by atoms with van der Waals surface area (Å²) in [6, 6.07) is 11.3. The third-order valence-electron chi connectivity index (χ3n) is 3.57. The average Bonchev–Trinajstić information content (AvgIpc) is 2.59. The van der Waals surface area contributed by atoms with E-state index in [4.69, 9.17) is 16.3 Å². The van der Waals surface area contributed by atoms with E-state index in [0.717, 1.165) is 0 Å². The molecular formula is C21H23ClN2O4. The van der Waals surface area contributed by atoms with Gasteiger partial charge in [-0.1, -0.05) is 11.6 Å². The summed E-state index contributed by atoms with van der Waals surface area (Å²) in [7, 11) is 0. The maximum Gasteiger partial charge on any atom is 0.338 e. The normalized spacial score (nSPS) is 10.9. The zero-order valence-electron chi connectivity index (χ0n) is 16.3. The van der Waals surface area contributed by atoms with Crippen LogP contribution >= 0.6 is 11.6 Å². The molecule has 1 amide bonds. The number of anilines is 2. The van der Waals surface area contributed by atoms with Crippen LogP contribution in [0.3, 0.4) is 0 Å². The van der Waals surface area contributed by atoms with E-state index in [1.54, 1.807) is 63.2 Å². The number of hydrogen-bond acceptors (Lipinski definition) is 5. The molecule has 2 aromatic rings. The van der Waals surface area contributed by atoms with Gasteiger partial charge in [0.05, 0.1) is 23.5 Å². The van der Waals surface area contributed by atoms with Gasteiger partial charge in [-0.25, -0.2) is 4.79 Å². The van der Waals surface area contributed by atoms with E-state index in [-0.39, 0.29) is 18.2 Å². The number of carbonyl (C=O) groups excluding carboxylic acids is 3. The molecule has 0 saturated heterocycles. The number of hydrogen-bond donors (Lipinski definition) is 2. The summed E-state index contributed by atoms with van der Waals surface area (Å²) in [5, 5.41) is 6.21. The topological polar surface area (TPSA) is 84.5 Å². The van der Waals surface area contributed by atoms with Gasteiger partial charge in [-0.05, 0) is 63.2 Å². The second-order valence-electron chi connectivity index (χ2n) is 7.23. The monoisotopic (exact) mass is 402 g/mol. The fourth-order valence-electron chi connectivity index (χ4n) is 2.37. The molecule has 0 bridgehead atoms. The number of esters is 1. The summed E-state index contributed by atoms with van der Waals surface area (Å²) in [6.07, 6.45) is 0. The third-order valence-corrected chi connectivity index (χ3v) is 3.82. The molecule has 0 aliphatic carbocycles. The van der Waals surface area contributed by atoms with Gasteiger partial charge in [-0.3, -0.25) is 9.59 Å². The van der Waals surface area contributed by atoms with Crippen LogP contribution < -0.4 is 10.6 Å². The van der Waals surface area contributed by atoms with E-state index in [9.17, 15) is 14.4 Å². The van der Waals surface area contributed by atoms with E-state index in [0.29, 0.717) is 27.5 Å². The summed E-state index contributed by atoms with van der Waals surface area (Å²) in [4.78, 5) is 36.2. The Balaban J connectivity index is 2.22. The summed E-state index contributed by atoms with van der Waals surface area (Å²) >= 11 is 5.84. The Morgan fingerprint density at radius 3 is 2.14 bits per heavy atom. The molecule has 148 valence electrons. The second-order valence-corrected chi connectivity index (χ2v) is 7.66. The highest BCUT2D eigenvalue weighted by Gasteiger charge is 2.19. The molecule has 28 heavy (non-hydrogen) atoms. The Labute approximate surface area is 169 Å². The Morgan fingerprint density at radius 2 is 1.57 bits per heavy atom. The molecule has 0 saturated carbocycles. The first-order valence-corrected chi connectivity index (χ1v) is 9.10. The summed E-state index contributed by atoms with van der Waals surface area (Å²) < 4.78 is 5.37. The van der Waals surface area contributed by atoms with Crippen molar-refractivity contribution in [2.75, 3.05) is 17.2 Å². The molecule has 0 unspecified atom stereocenters. The second kappa shape index (κ2) is 8.89. The van der Waals surface area contributed by atoms with Crippen LogP contribution in [-0.4, -0.2) is 29.8 Å². The number of carbonyl (C=O) groups is 3. The molecule has 2 aromatic carbocycles. The lowest BCUT2D eigenvalue weighted by Gasteiger charge is -2.20. The van der Waals surface area contributed by atoms with Crippen LogP contribution in [-0.2, 0) is 9.53 Å². The van der Waals surface area contributed by atoms with Crippen LogP contribution in [0.4, 0.5) is 11.4 Å². The van der Waals surface area contributed by atoms with Crippen molar-refractivity contribution in [3.05, 3.63) is 58.6 Å². The van der Waals surface area contributed by atoms with Crippen molar-refractivity contribution in [2.24, 2.45) is 0 Å². The Morgan fingerprint density at radius 1 is 0.964 bits per heavy atom. The first kappa shape index (κ1) is 21.4. The molecule has 0 fully saturated rings. The van der Waals surface area contributed by atoms with Gasteiger partial charge in [0.2, 0.25) is 5.91 Å². The molecule has 6 nitrogen and oxygen atoms in total. The van der Waals surface area contributed by atoms with Crippen molar-refractivity contribution in [3.63, 3.8) is 0 Å². The number of nitrogens with one attached hydrogen (secondary N) is 2. The highest BCUT2D eigenvalue weighted by atomic mass is 35.5. The maximum atomic E-state index is 12.4. The van der Waals surface area contributed by atoms with Crippen LogP contribution in [0, 0.1) is 0 Å². The number of rotatable bonds is 6. The Hall–Kier alpha value is -2.86. The molecule has 7 heteroatoms. The lowest BCUT2D eigenvalue weighted by atomic mass is 10.1. The van der Waals surface area contributed by atoms with Gasteiger partial charge in [-0.15, -0.1) is 0 Å². The maximum absolute atomic E-state index is 12.4. The van der Waals surface area contributed by atoms with Crippen LogP contribution in [0.15, 0.2) is 42.5 Å². The van der Waals surface area contributed by atoms with Crippen LogP contribution in [0.5, 0.6) is 0 Å². The molecule has 0 aliphatic rings. The zero-order chi connectivity index (χ0) is 20.9. The zero-order valence-corrected chi connectivity index (χ0v) is 17.0. The van der Waals surface area contributed by atoms with Crippen molar-refractivity contribution >= 4 is 40.6 Å². The SMILES string of the molecule is CC(=O)Nc1ccc(C(=O)OC(C)(C)C)cc1NCC(=O)c1ccc(Cl)cc1. The molecule has 0 atom stereocenters. The van der Waals surface area contributed by atoms with Crippen LogP contribution in [0.1, 0.15) is 48.4 Å². The first-order valence-electron chi connectivity index (χ1n) is 8.73. The fraction of sp³-hybridized carbons (Fsp3) is 0.286. The Kier molecular flexibility index (Phi) is 6.80. The molecule has 0 heterocycles. The molecule has 2 rings (SSSR count). The van der Waals surface area contributed by atoms with E-state index >= 15 is 0 Å². The smallest absolute Gasteiger partial charge is 0.338 e. The van der Waals surface area contributed by atoms with Crippen molar-refractivity contribution in [2.45, 2.75) is 33.3 Å². The van der Waals surface area contributed by atoms with Gasteiger partial charge in [0, 0.05) is 17.5 Å². The molecule has 0 aromatic heterocycles. The van der Waals surface area contributed by atoms with E-state index in [1.807, 2.05) is 0 Å². The average molecular weight is 403 g/mol. The van der Waals surface area contributed by atoms with E-state index < -0.39 is 11.6 Å². The largest absolute Gasteiger partial charge is 0.456 e. The summed E-state index contributed by atoms with van der Waals surface area (Å²) in [5.41, 5.74) is 1.09. The molecule has 2 N–H and O–H groups in total. The van der Waals surface area contributed by atoms with Crippen molar-refractivity contribution in [1.82, 2.24) is 0 Å². The van der Waals surface area contributed by atoms with E-state index in [1.165, 1.54) is 6.92 Å². The number of amides is 1. The lowest BCUT2D eigenvalue weighted by Crippen LogP contribution is -2.24. The molecule has 0 spiro atoms. The minimum atomic E-state index is -0.633. The van der Waals surface area contributed by atoms with Gasteiger partial charge in [0.25, 0.3) is 0 Å². The number of halogens is 1. The highest BCUT2D eigenvalue weighted by Crippen LogP contribution is 2.25. The van der Waals surface area contributed by atoms with Crippen LogP contribution in [0.2, 0.25) is 5.02 Å². The van der Waals surface area contributed by atoms with Crippen molar-refractivity contribution in [1.29, 1.82) is 0 Å². The van der Waals surface area contributed by atoms with E-state index in [2.05, 4.69) is 10.6 Å². The number of ether oxygens (including phenoxy) is 1. The van der Waals surface area contributed by atoms with Crippen molar-refractivity contribution in [3.8, 4) is 0 Å². The van der Waals surface area contributed by atoms with Gasteiger partial charge in [0.1, 0.15) is 5.60 Å².